The van der Waals surface area contributed by atoms with E-state index < -0.39 is 26.7 Å². The Labute approximate surface area is 159 Å². The second-order valence-corrected chi connectivity index (χ2v) is 8.23. The van der Waals surface area contributed by atoms with Gasteiger partial charge < -0.3 is 5.11 Å². The van der Waals surface area contributed by atoms with Gasteiger partial charge in [0.2, 0.25) is 0 Å². The Morgan fingerprint density at radius 1 is 0.963 bits per heavy atom. The topological polar surface area (TPSA) is 83.5 Å². The summed E-state index contributed by atoms with van der Waals surface area (Å²) in [6.45, 7) is 0. The van der Waals surface area contributed by atoms with Gasteiger partial charge in [0, 0.05) is 9.79 Å². The molecular formula is C19H14FNO4S2. The number of para-hydroxylation sites is 1. The van der Waals surface area contributed by atoms with Crippen LogP contribution in [0.5, 0.6) is 0 Å². The maximum Gasteiger partial charge on any atom is 0.335 e. The molecular weight excluding hydrogens is 389 g/mol. The average Bonchev–Trinajstić information content (AvgIpc) is 2.64. The summed E-state index contributed by atoms with van der Waals surface area (Å²) < 4.78 is 41.7. The number of carboxylic acid groups (broad SMARTS) is 1. The molecule has 27 heavy (non-hydrogen) atoms. The van der Waals surface area contributed by atoms with Crippen LogP contribution < -0.4 is 4.72 Å². The Bertz CT molecular complexity index is 1090. The van der Waals surface area contributed by atoms with Crippen molar-refractivity contribution in [3.05, 3.63) is 84.2 Å². The Kier molecular flexibility index (Phi) is 5.48. The predicted octanol–water partition coefficient (Wildman–Crippen LogP) is 4.48. The fraction of sp³-hybridized carbons (Fsp3) is 0. The second-order valence-electron chi connectivity index (χ2n) is 5.47. The van der Waals surface area contributed by atoms with Gasteiger partial charge in [-0.25, -0.2) is 17.6 Å². The van der Waals surface area contributed by atoms with Gasteiger partial charge in [0.05, 0.1) is 11.3 Å². The van der Waals surface area contributed by atoms with Crippen LogP contribution >= 0.6 is 11.8 Å². The largest absolute Gasteiger partial charge is 0.478 e. The molecule has 8 heteroatoms. The van der Waals surface area contributed by atoms with Crippen molar-refractivity contribution in [2.75, 3.05) is 4.72 Å². The molecule has 0 saturated heterocycles. The van der Waals surface area contributed by atoms with Crippen LogP contribution in [0, 0.1) is 5.82 Å². The predicted molar refractivity (Wildman–Crippen MR) is 101 cm³/mol. The highest BCUT2D eigenvalue weighted by Crippen LogP contribution is 2.34. The van der Waals surface area contributed by atoms with E-state index in [1.807, 2.05) is 30.3 Å². The van der Waals surface area contributed by atoms with E-state index >= 15 is 0 Å². The molecule has 3 rings (SSSR count). The first-order chi connectivity index (χ1) is 12.9. The number of benzene rings is 3. The van der Waals surface area contributed by atoms with Gasteiger partial charge in [0.1, 0.15) is 10.7 Å². The van der Waals surface area contributed by atoms with E-state index in [2.05, 4.69) is 4.72 Å². The number of aromatic carboxylic acids is 1. The molecule has 5 nitrogen and oxygen atoms in total. The summed E-state index contributed by atoms with van der Waals surface area (Å²) in [7, 11) is -4.32. The average molecular weight is 403 g/mol. The summed E-state index contributed by atoms with van der Waals surface area (Å²) in [5, 5.41) is 9.02. The van der Waals surface area contributed by atoms with Gasteiger partial charge in [-0.3, -0.25) is 4.72 Å². The minimum Gasteiger partial charge on any atom is -0.478 e. The van der Waals surface area contributed by atoms with Gasteiger partial charge in [-0.15, -0.1) is 0 Å². The fourth-order valence-corrected chi connectivity index (χ4v) is 4.47. The van der Waals surface area contributed by atoms with Crippen LogP contribution in [0.25, 0.3) is 0 Å². The van der Waals surface area contributed by atoms with Crippen molar-refractivity contribution in [1.29, 1.82) is 0 Å². The van der Waals surface area contributed by atoms with Crippen LogP contribution in [0.15, 0.2) is 87.5 Å². The van der Waals surface area contributed by atoms with Crippen LogP contribution in [0.3, 0.4) is 0 Å². The van der Waals surface area contributed by atoms with Gasteiger partial charge in [-0.2, -0.15) is 0 Å². The first-order valence-electron chi connectivity index (χ1n) is 7.74. The maximum atomic E-state index is 14.1. The molecule has 3 aromatic carbocycles. The molecule has 0 aliphatic carbocycles. The molecule has 0 heterocycles. The van der Waals surface area contributed by atoms with Crippen LogP contribution in [0.4, 0.5) is 10.1 Å². The van der Waals surface area contributed by atoms with Crippen LogP contribution in [-0.4, -0.2) is 19.5 Å². The van der Waals surface area contributed by atoms with Crippen molar-refractivity contribution in [3.8, 4) is 0 Å². The quantitative estimate of drug-likeness (QED) is 0.634. The molecule has 0 amide bonds. The summed E-state index contributed by atoms with van der Waals surface area (Å²) in [6, 6.07) is 18.7. The van der Waals surface area contributed by atoms with Crippen molar-refractivity contribution < 1.29 is 22.7 Å². The zero-order chi connectivity index (χ0) is 19.4. The van der Waals surface area contributed by atoms with Crippen LogP contribution in [0.2, 0.25) is 0 Å². The SMILES string of the molecule is O=C(O)c1ccc(F)c(S(=O)(=O)Nc2ccccc2Sc2ccccc2)c1. The zero-order valence-electron chi connectivity index (χ0n) is 13.8. The van der Waals surface area contributed by atoms with Crippen molar-refractivity contribution >= 4 is 33.4 Å². The van der Waals surface area contributed by atoms with Crippen molar-refractivity contribution in [2.45, 2.75) is 14.7 Å². The third-order valence-corrected chi connectivity index (χ3v) is 6.03. The number of anilines is 1. The Morgan fingerprint density at radius 3 is 2.33 bits per heavy atom. The van der Waals surface area contributed by atoms with Gasteiger partial charge in [0.15, 0.2) is 0 Å². The van der Waals surface area contributed by atoms with Crippen molar-refractivity contribution in [3.63, 3.8) is 0 Å². The number of halogens is 1. The van der Waals surface area contributed by atoms with E-state index in [0.717, 1.165) is 23.1 Å². The molecule has 0 spiro atoms. The van der Waals surface area contributed by atoms with E-state index in [9.17, 15) is 17.6 Å². The Balaban J connectivity index is 1.96. The smallest absolute Gasteiger partial charge is 0.335 e. The minimum atomic E-state index is -4.32. The summed E-state index contributed by atoms with van der Waals surface area (Å²) in [5.41, 5.74) is -0.0461. The second kappa shape index (κ2) is 7.81. The third-order valence-electron chi connectivity index (χ3n) is 3.57. The van der Waals surface area contributed by atoms with E-state index in [1.165, 1.54) is 11.8 Å². The lowest BCUT2D eigenvalue weighted by Gasteiger charge is -2.13. The van der Waals surface area contributed by atoms with Gasteiger partial charge >= 0.3 is 5.97 Å². The molecule has 3 aromatic rings. The highest BCUT2D eigenvalue weighted by atomic mass is 32.2. The van der Waals surface area contributed by atoms with Crippen molar-refractivity contribution in [2.24, 2.45) is 0 Å². The third kappa shape index (κ3) is 4.47. The number of nitrogens with one attached hydrogen (secondary N) is 1. The number of rotatable bonds is 6. The van der Waals surface area contributed by atoms with Gasteiger partial charge in [0.25, 0.3) is 10.0 Å². The lowest BCUT2D eigenvalue weighted by Crippen LogP contribution is -2.16. The normalized spacial score (nSPS) is 11.1. The summed E-state index contributed by atoms with van der Waals surface area (Å²) in [5.74, 6) is -2.37. The lowest BCUT2D eigenvalue weighted by atomic mass is 10.2. The summed E-state index contributed by atoms with van der Waals surface area (Å²) >= 11 is 1.35. The molecule has 0 aliphatic rings. The fourth-order valence-electron chi connectivity index (χ4n) is 2.30. The number of carbonyl (C=O) groups is 1. The van der Waals surface area contributed by atoms with Crippen LogP contribution in [0.1, 0.15) is 10.4 Å². The lowest BCUT2D eigenvalue weighted by molar-refractivity contribution is 0.0696. The Hall–Kier alpha value is -2.84. The number of carboxylic acids is 1. The molecule has 2 N–H and O–H groups in total. The molecule has 0 fully saturated rings. The number of hydrogen-bond donors (Lipinski definition) is 2. The van der Waals surface area contributed by atoms with Crippen LogP contribution in [-0.2, 0) is 10.0 Å². The van der Waals surface area contributed by atoms with E-state index in [1.54, 1.807) is 24.3 Å². The molecule has 0 atom stereocenters. The minimum absolute atomic E-state index is 0.270. The van der Waals surface area contributed by atoms with Crippen molar-refractivity contribution in [1.82, 2.24) is 0 Å². The molecule has 0 unspecified atom stereocenters. The van der Waals surface area contributed by atoms with E-state index in [4.69, 9.17) is 5.11 Å². The summed E-state index contributed by atoms with van der Waals surface area (Å²) in [4.78, 5) is 11.9. The molecule has 138 valence electrons. The zero-order valence-corrected chi connectivity index (χ0v) is 15.4. The highest BCUT2D eigenvalue weighted by Gasteiger charge is 2.22. The first kappa shape index (κ1) is 18.9. The first-order valence-corrected chi connectivity index (χ1v) is 10.0. The molecule has 0 bridgehead atoms. The Morgan fingerprint density at radius 2 is 1.63 bits per heavy atom. The maximum absolute atomic E-state index is 14.1. The standard InChI is InChI=1S/C19H14FNO4S2/c20-15-11-10-13(19(22)23)12-18(15)27(24,25)21-16-8-4-5-9-17(16)26-14-6-2-1-3-7-14/h1-12,21H,(H,22,23). The van der Waals surface area contributed by atoms with Gasteiger partial charge in [-0.1, -0.05) is 42.1 Å². The van der Waals surface area contributed by atoms with Gasteiger partial charge in [-0.05, 0) is 42.5 Å². The molecule has 0 radical (unpaired) electrons. The summed E-state index contributed by atoms with van der Waals surface area (Å²) in [6.07, 6.45) is 0. The van der Waals surface area contributed by atoms with E-state index in [0.29, 0.717) is 4.90 Å². The highest BCUT2D eigenvalue weighted by molar-refractivity contribution is 7.99. The molecule has 0 aromatic heterocycles. The molecule has 0 aliphatic heterocycles. The van der Waals surface area contributed by atoms with E-state index in [-0.39, 0.29) is 11.3 Å². The number of hydrogen-bond acceptors (Lipinski definition) is 4. The molecule has 0 saturated carbocycles. The monoisotopic (exact) mass is 403 g/mol. The number of sulfonamides is 1.